The van der Waals surface area contributed by atoms with Crippen molar-refractivity contribution < 1.29 is 32.6 Å². The highest BCUT2D eigenvalue weighted by atomic mass is 19.3. The van der Waals surface area contributed by atoms with Gasteiger partial charge < -0.3 is 14.2 Å². The van der Waals surface area contributed by atoms with Crippen LogP contribution < -0.4 is 0 Å². The van der Waals surface area contributed by atoms with Crippen LogP contribution >= 0.6 is 0 Å². The average molecular weight is 483 g/mol. The zero-order chi connectivity index (χ0) is 25.3. The number of carbonyl (C=O) groups is 2. The maximum atomic E-state index is 15.1. The van der Waals surface area contributed by atoms with E-state index in [0.29, 0.717) is 13.0 Å². The fraction of sp³-hybridized carbons (Fsp3) is 0.680. The van der Waals surface area contributed by atoms with Gasteiger partial charge in [0.2, 0.25) is 0 Å². The average Bonchev–Trinajstić information content (AvgIpc) is 3.28. The van der Waals surface area contributed by atoms with Gasteiger partial charge in [-0.05, 0) is 46.6 Å². The highest BCUT2D eigenvalue weighted by molar-refractivity contribution is 5.76. The van der Waals surface area contributed by atoms with Gasteiger partial charge >= 0.3 is 12.1 Å². The Labute approximate surface area is 200 Å². The first-order valence-electron chi connectivity index (χ1n) is 11.6. The highest BCUT2D eigenvalue weighted by Gasteiger charge is 2.61. The van der Waals surface area contributed by atoms with Gasteiger partial charge in [-0.2, -0.15) is 0 Å². The molecule has 7 nitrogen and oxygen atoms in total. The summed E-state index contributed by atoms with van der Waals surface area (Å²) in [6.45, 7) is 8.43. The summed E-state index contributed by atoms with van der Waals surface area (Å²) in [6.07, 6.45) is -1.01. The van der Waals surface area contributed by atoms with Crippen molar-refractivity contribution in [2.24, 2.45) is 5.41 Å². The van der Waals surface area contributed by atoms with E-state index in [-0.39, 0.29) is 13.2 Å². The molecule has 1 amide bonds. The van der Waals surface area contributed by atoms with Gasteiger partial charge in [-0.1, -0.05) is 30.3 Å². The van der Waals surface area contributed by atoms with E-state index in [2.05, 4.69) is 0 Å². The van der Waals surface area contributed by atoms with Crippen LogP contribution in [0, 0.1) is 5.41 Å². The molecule has 0 N–H and O–H groups in total. The van der Waals surface area contributed by atoms with E-state index in [0.717, 1.165) is 10.5 Å². The Hall–Kier alpha value is -2.26. The lowest BCUT2D eigenvalue weighted by atomic mass is 9.85. The van der Waals surface area contributed by atoms with E-state index in [1.807, 2.05) is 30.3 Å². The van der Waals surface area contributed by atoms with Crippen LogP contribution in [-0.2, 0) is 25.6 Å². The molecular weight excluding hydrogens is 446 g/mol. The minimum atomic E-state index is -3.10. The molecule has 34 heavy (non-hydrogen) atoms. The van der Waals surface area contributed by atoms with Gasteiger partial charge in [0, 0.05) is 20.2 Å². The second-order valence-electron chi connectivity index (χ2n) is 10.7. The van der Waals surface area contributed by atoms with E-state index in [1.165, 1.54) is 7.11 Å². The number of ether oxygens (including phenoxy) is 3. The number of nitrogens with zero attached hydrogens (tertiary/aromatic N) is 2. The van der Waals surface area contributed by atoms with Crippen molar-refractivity contribution >= 4 is 12.1 Å². The number of carbonyl (C=O) groups excluding carboxylic acids is 2. The van der Waals surface area contributed by atoms with E-state index in [1.54, 1.807) is 39.5 Å². The van der Waals surface area contributed by atoms with Crippen molar-refractivity contribution in [3.8, 4) is 0 Å². The highest BCUT2D eigenvalue weighted by Crippen LogP contribution is 2.43. The van der Waals surface area contributed by atoms with Gasteiger partial charge in [-0.15, -0.1) is 0 Å². The molecule has 0 spiro atoms. The van der Waals surface area contributed by atoms with Crippen molar-refractivity contribution in [3.05, 3.63) is 35.9 Å². The molecule has 3 rings (SSSR count). The third-order valence-corrected chi connectivity index (χ3v) is 6.54. The molecule has 1 aromatic carbocycles. The van der Waals surface area contributed by atoms with Crippen LogP contribution in [0.3, 0.4) is 0 Å². The summed E-state index contributed by atoms with van der Waals surface area (Å²) in [7, 11) is 1.46. The van der Waals surface area contributed by atoms with Crippen LogP contribution in [0.25, 0.3) is 0 Å². The smallest absolute Gasteiger partial charge is 0.410 e. The standard InChI is InChI=1S/C25H36F2N2O5/c1-23(2,3)34-22(31)29-16-25(26,27)20-18(29)12-13-28(20)14-19(32-6)24(4,5)21(30)33-15-17-10-8-7-9-11-17/h7-11,18-20H,12-16H2,1-6H3/t18-,19?,20+/m0/s1. The molecule has 2 saturated heterocycles. The molecule has 190 valence electrons. The molecule has 3 atom stereocenters. The van der Waals surface area contributed by atoms with Gasteiger partial charge in [-0.25, -0.2) is 13.6 Å². The normalized spacial score (nSPS) is 23.5. The molecule has 2 aliphatic rings. The summed E-state index contributed by atoms with van der Waals surface area (Å²) in [4.78, 5) is 28.3. The maximum Gasteiger partial charge on any atom is 0.410 e. The monoisotopic (exact) mass is 482 g/mol. The second kappa shape index (κ2) is 9.77. The lowest BCUT2D eigenvalue weighted by Gasteiger charge is -2.36. The zero-order valence-corrected chi connectivity index (χ0v) is 20.8. The van der Waals surface area contributed by atoms with Gasteiger partial charge in [0.25, 0.3) is 5.92 Å². The number of benzene rings is 1. The largest absolute Gasteiger partial charge is 0.460 e. The fourth-order valence-corrected chi connectivity index (χ4v) is 4.73. The number of alkyl halides is 2. The van der Waals surface area contributed by atoms with E-state index in [4.69, 9.17) is 14.2 Å². The quantitative estimate of drug-likeness (QED) is 0.545. The molecule has 2 aliphatic heterocycles. The number of esters is 1. The second-order valence-corrected chi connectivity index (χ2v) is 10.7. The Bertz CT molecular complexity index is 872. The maximum absolute atomic E-state index is 15.1. The fourth-order valence-electron chi connectivity index (χ4n) is 4.73. The van der Waals surface area contributed by atoms with Gasteiger partial charge in [0.05, 0.1) is 30.1 Å². The zero-order valence-electron chi connectivity index (χ0n) is 20.8. The van der Waals surface area contributed by atoms with Gasteiger partial charge in [0.1, 0.15) is 12.2 Å². The van der Waals surface area contributed by atoms with Gasteiger partial charge in [-0.3, -0.25) is 14.6 Å². The van der Waals surface area contributed by atoms with Gasteiger partial charge in [0.15, 0.2) is 0 Å². The minimum Gasteiger partial charge on any atom is -0.460 e. The first-order valence-corrected chi connectivity index (χ1v) is 11.6. The van der Waals surface area contributed by atoms with Crippen LogP contribution in [0.1, 0.15) is 46.6 Å². The van der Waals surface area contributed by atoms with Crippen LogP contribution in [0.4, 0.5) is 13.6 Å². The predicted octanol–water partition coefficient (Wildman–Crippen LogP) is 4.10. The summed E-state index contributed by atoms with van der Waals surface area (Å²) in [5.74, 6) is -3.57. The molecule has 0 radical (unpaired) electrons. The number of fused-ring (bicyclic) bond motifs is 1. The molecular formula is C25H36F2N2O5. The molecule has 0 aliphatic carbocycles. The third kappa shape index (κ3) is 5.68. The number of halogens is 2. The van der Waals surface area contributed by atoms with Crippen LogP contribution in [-0.4, -0.2) is 78.3 Å². The number of methoxy groups -OCH3 is 1. The first kappa shape index (κ1) is 26.3. The molecule has 2 heterocycles. The van der Waals surface area contributed by atoms with Crippen LogP contribution in [0.5, 0.6) is 0 Å². The summed E-state index contributed by atoms with van der Waals surface area (Å²) < 4.78 is 46.7. The van der Waals surface area contributed by atoms with E-state index >= 15 is 8.78 Å². The molecule has 0 bridgehead atoms. The van der Waals surface area contributed by atoms with E-state index in [9.17, 15) is 9.59 Å². The lowest BCUT2D eigenvalue weighted by molar-refractivity contribution is -0.165. The van der Waals surface area contributed by atoms with Crippen molar-refractivity contribution in [2.45, 2.75) is 77.4 Å². The third-order valence-electron chi connectivity index (χ3n) is 6.54. The van der Waals surface area contributed by atoms with Crippen molar-refractivity contribution in [3.63, 3.8) is 0 Å². The summed E-state index contributed by atoms with van der Waals surface area (Å²) >= 11 is 0. The molecule has 1 aromatic rings. The van der Waals surface area contributed by atoms with Crippen molar-refractivity contribution in [1.82, 2.24) is 9.80 Å². The number of hydrogen-bond acceptors (Lipinski definition) is 6. The van der Waals surface area contributed by atoms with Crippen LogP contribution in [0.15, 0.2) is 30.3 Å². The predicted molar refractivity (Wildman–Crippen MR) is 122 cm³/mol. The Morgan fingerprint density at radius 2 is 1.79 bits per heavy atom. The molecule has 0 aromatic heterocycles. The lowest BCUT2D eigenvalue weighted by Crippen LogP contribution is -2.52. The summed E-state index contributed by atoms with van der Waals surface area (Å²) in [6, 6.07) is 7.50. The molecule has 1 unspecified atom stereocenters. The Morgan fingerprint density at radius 3 is 2.38 bits per heavy atom. The Kier molecular flexibility index (Phi) is 7.57. The number of rotatable bonds is 7. The molecule has 0 saturated carbocycles. The molecule has 2 fully saturated rings. The number of amides is 1. The van der Waals surface area contributed by atoms with Crippen molar-refractivity contribution in [1.29, 1.82) is 0 Å². The Morgan fingerprint density at radius 1 is 1.15 bits per heavy atom. The SMILES string of the molecule is COC(CN1CC[C@H]2[C@@H]1C(F)(F)CN2C(=O)OC(C)(C)C)C(C)(C)C(=O)OCc1ccccc1. The van der Waals surface area contributed by atoms with Crippen molar-refractivity contribution in [2.75, 3.05) is 26.7 Å². The first-order chi connectivity index (χ1) is 15.8. The van der Waals surface area contributed by atoms with Crippen LogP contribution in [0.2, 0.25) is 0 Å². The number of likely N-dealkylation sites (tertiary alicyclic amines) is 2. The summed E-state index contributed by atoms with van der Waals surface area (Å²) in [5.41, 5.74) is -0.982. The number of hydrogen-bond donors (Lipinski definition) is 0. The van der Waals surface area contributed by atoms with E-state index < -0.39 is 53.7 Å². The topological polar surface area (TPSA) is 68.3 Å². The molecule has 9 heteroatoms. The minimum absolute atomic E-state index is 0.114. The Balaban J connectivity index is 1.68. The summed E-state index contributed by atoms with van der Waals surface area (Å²) in [5, 5.41) is 0.